The Labute approximate surface area is 152 Å². The molecule has 0 radical (unpaired) electrons. The van der Waals surface area contributed by atoms with E-state index < -0.39 is 0 Å². The summed E-state index contributed by atoms with van der Waals surface area (Å²) in [6.07, 6.45) is 3.34. The average Bonchev–Trinajstić information content (AvgIpc) is 2.67. The lowest BCUT2D eigenvalue weighted by Crippen LogP contribution is -1.98. The molecule has 0 saturated carbocycles. The quantitative estimate of drug-likeness (QED) is 0.342. The number of carbonyl (C=O) groups is 1. The predicted molar refractivity (Wildman–Crippen MR) is 104 cm³/mol. The van der Waals surface area contributed by atoms with E-state index in [-0.39, 0.29) is 5.78 Å². The lowest BCUT2D eigenvalue weighted by molar-refractivity contribution is 0.104. The first kappa shape index (κ1) is 16.8. The van der Waals surface area contributed by atoms with Gasteiger partial charge in [-0.05, 0) is 48.0 Å². The van der Waals surface area contributed by atoms with Crippen LogP contribution in [0, 0.1) is 11.8 Å². The number of carbonyl (C=O) groups excluding carboxylic acids is 1. The summed E-state index contributed by atoms with van der Waals surface area (Å²) in [5.41, 5.74) is 3.15. The van der Waals surface area contributed by atoms with Crippen LogP contribution in [0.4, 0.5) is 0 Å². The molecule has 0 aromatic heterocycles. The molecule has 0 fully saturated rings. The molecule has 0 atom stereocenters. The second-order valence-corrected chi connectivity index (χ2v) is 5.85. The van der Waals surface area contributed by atoms with Gasteiger partial charge in [0, 0.05) is 21.7 Å². The van der Waals surface area contributed by atoms with Crippen LogP contribution in [0.2, 0.25) is 5.02 Å². The molecule has 0 heterocycles. The van der Waals surface area contributed by atoms with Crippen molar-refractivity contribution in [3.8, 4) is 11.8 Å². The van der Waals surface area contributed by atoms with E-state index in [0.29, 0.717) is 10.6 Å². The fraction of sp³-hybridized carbons (Fsp3) is 0. The van der Waals surface area contributed by atoms with Crippen molar-refractivity contribution in [2.45, 2.75) is 0 Å². The van der Waals surface area contributed by atoms with Crippen LogP contribution in [-0.4, -0.2) is 5.78 Å². The van der Waals surface area contributed by atoms with Crippen molar-refractivity contribution in [2.75, 3.05) is 0 Å². The molecule has 0 saturated heterocycles. The highest BCUT2D eigenvalue weighted by Gasteiger charge is 2.06. The van der Waals surface area contributed by atoms with Crippen molar-refractivity contribution in [2.24, 2.45) is 0 Å². The summed E-state index contributed by atoms with van der Waals surface area (Å²) < 4.78 is 0. The molecule has 0 aliphatic heterocycles. The average molecular weight is 343 g/mol. The van der Waals surface area contributed by atoms with Crippen molar-refractivity contribution in [1.29, 1.82) is 0 Å². The molecule has 3 rings (SSSR count). The standard InChI is InChI=1S/C23H15ClO/c24-21-15-11-19(12-16-21)13-17-23(25)22-9-5-4-8-20(22)14-10-18-6-2-1-3-7-18/h1-9,11-13,15-17H/b17-13+. The van der Waals surface area contributed by atoms with Crippen LogP contribution in [0.15, 0.2) is 84.9 Å². The number of rotatable bonds is 3. The summed E-state index contributed by atoms with van der Waals surface area (Å²) in [7, 11) is 0. The monoisotopic (exact) mass is 342 g/mol. The van der Waals surface area contributed by atoms with Gasteiger partial charge in [0.1, 0.15) is 0 Å². The molecular formula is C23H15ClO. The van der Waals surface area contributed by atoms with E-state index in [0.717, 1.165) is 16.7 Å². The summed E-state index contributed by atoms with van der Waals surface area (Å²) in [6, 6.07) is 24.4. The van der Waals surface area contributed by atoms with E-state index in [1.54, 1.807) is 30.4 Å². The molecule has 0 bridgehead atoms. The van der Waals surface area contributed by atoms with Gasteiger partial charge in [0.15, 0.2) is 5.78 Å². The highest BCUT2D eigenvalue weighted by atomic mass is 35.5. The Hall–Kier alpha value is -3.08. The van der Waals surface area contributed by atoms with Gasteiger partial charge in [-0.3, -0.25) is 4.79 Å². The Balaban J connectivity index is 1.84. The zero-order valence-electron chi connectivity index (χ0n) is 13.4. The minimum absolute atomic E-state index is 0.0760. The molecule has 0 aliphatic rings. The van der Waals surface area contributed by atoms with Gasteiger partial charge in [-0.1, -0.05) is 72.0 Å². The van der Waals surface area contributed by atoms with E-state index in [1.807, 2.05) is 60.7 Å². The summed E-state index contributed by atoms with van der Waals surface area (Å²) >= 11 is 5.87. The summed E-state index contributed by atoms with van der Waals surface area (Å²) in [5.74, 6) is 6.11. The highest BCUT2D eigenvalue weighted by Crippen LogP contribution is 2.13. The molecular weight excluding hydrogens is 328 g/mol. The van der Waals surface area contributed by atoms with Crippen LogP contribution in [0.5, 0.6) is 0 Å². The number of halogens is 1. The number of ketones is 1. The normalized spacial score (nSPS) is 10.3. The van der Waals surface area contributed by atoms with Crippen LogP contribution < -0.4 is 0 Å². The smallest absolute Gasteiger partial charge is 0.187 e. The Morgan fingerprint density at radius 2 is 1.48 bits per heavy atom. The predicted octanol–water partition coefficient (Wildman–Crippen LogP) is 5.64. The molecule has 25 heavy (non-hydrogen) atoms. The van der Waals surface area contributed by atoms with Gasteiger partial charge in [0.05, 0.1) is 0 Å². The van der Waals surface area contributed by atoms with Gasteiger partial charge < -0.3 is 0 Å². The minimum atomic E-state index is -0.0760. The van der Waals surface area contributed by atoms with E-state index in [2.05, 4.69) is 11.8 Å². The number of hydrogen-bond acceptors (Lipinski definition) is 1. The zero-order valence-corrected chi connectivity index (χ0v) is 14.2. The third-order valence-electron chi connectivity index (χ3n) is 3.60. The molecule has 1 nitrogen and oxygen atoms in total. The van der Waals surface area contributed by atoms with E-state index in [1.165, 1.54) is 0 Å². The number of hydrogen-bond donors (Lipinski definition) is 0. The first-order chi connectivity index (χ1) is 12.2. The van der Waals surface area contributed by atoms with Gasteiger partial charge in [0.25, 0.3) is 0 Å². The molecule has 0 unspecified atom stereocenters. The lowest BCUT2D eigenvalue weighted by atomic mass is 10.0. The van der Waals surface area contributed by atoms with E-state index in [4.69, 9.17) is 11.6 Å². The van der Waals surface area contributed by atoms with Gasteiger partial charge in [0.2, 0.25) is 0 Å². The topological polar surface area (TPSA) is 17.1 Å². The van der Waals surface area contributed by atoms with Crippen molar-refractivity contribution in [3.63, 3.8) is 0 Å². The minimum Gasteiger partial charge on any atom is -0.289 e. The van der Waals surface area contributed by atoms with Crippen LogP contribution in [0.25, 0.3) is 6.08 Å². The molecule has 0 aliphatic carbocycles. The van der Waals surface area contributed by atoms with Crippen molar-refractivity contribution >= 4 is 23.5 Å². The Bertz CT molecular complexity index is 958. The molecule has 3 aromatic rings. The maximum Gasteiger partial charge on any atom is 0.187 e. The molecule has 0 N–H and O–H groups in total. The summed E-state index contributed by atoms with van der Waals surface area (Å²) in [6.45, 7) is 0. The first-order valence-electron chi connectivity index (χ1n) is 7.86. The van der Waals surface area contributed by atoms with Crippen molar-refractivity contribution in [1.82, 2.24) is 0 Å². The van der Waals surface area contributed by atoms with Gasteiger partial charge in [-0.2, -0.15) is 0 Å². The molecule has 3 aromatic carbocycles. The van der Waals surface area contributed by atoms with E-state index >= 15 is 0 Å². The number of benzene rings is 3. The molecule has 0 spiro atoms. The molecule has 120 valence electrons. The Morgan fingerprint density at radius 1 is 0.800 bits per heavy atom. The second-order valence-electron chi connectivity index (χ2n) is 5.41. The first-order valence-corrected chi connectivity index (χ1v) is 8.24. The molecule has 0 amide bonds. The second kappa shape index (κ2) is 8.15. The third kappa shape index (κ3) is 4.70. The maximum atomic E-state index is 12.5. The fourth-order valence-corrected chi connectivity index (χ4v) is 2.43. The van der Waals surface area contributed by atoms with Crippen LogP contribution >= 0.6 is 11.6 Å². The third-order valence-corrected chi connectivity index (χ3v) is 3.86. The van der Waals surface area contributed by atoms with Crippen molar-refractivity contribution in [3.05, 3.63) is 112 Å². The lowest BCUT2D eigenvalue weighted by Gasteiger charge is -2.00. The maximum absolute atomic E-state index is 12.5. The van der Waals surface area contributed by atoms with Crippen LogP contribution in [0.1, 0.15) is 27.0 Å². The Kier molecular flexibility index (Phi) is 5.46. The highest BCUT2D eigenvalue weighted by molar-refractivity contribution is 6.30. The van der Waals surface area contributed by atoms with Crippen LogP contribution in [-0.2, 0) is 0 Å². The fourth-order valence-electron chi connectivity index (χ4n) is 2.30. The summed E-state index contributed by atoms with van der Waals surface area (Å²) in [4.78, 5) is 12.5. The van der Waals surface area contributed by atoms with Gasteiger partial charge in [-0.15, -0.1) is 0 Å². The summed E-state index contributed by atoms with van der Waals surface area (Å²) in [5, 5.41) is 0.671. The van der Waals surface area contributed by atoms with Crippen LogP contribution in [0.3, 0.4) is 0 Å². The SMILES string of the molecule is O=C(/C=C/c1ccc(Cl)cc1)c1ccccc1C#Cc1ccccc1. The van der Waals surface area contributed by atoms with Gasteiger partial charge >= 0.3 is 0 Å². The largest absolute Gasteiger partial charge is 0.289 e. The Morgan fingerprint density at radius 3 is 2.24 bits per heavy atom. The molecule has 2 heteroatoms. The van der Waals surface area contributed by atoms with Crippen molar-refractivity contribution < 1.29 is 4.79 Å². The number of allylic oxidation sites excluding steroid dienone is 1. The zero-order chi connectivity index (χ0) is 17.5. The van der Waals surface area contributed by atoms with E-state index in [9.17, 15) is 4.79 Å². The van der Waals surface area contributed by atoms with Gasteiger partial charge in [-0.25, -0.2) is 0 Å².